The number of hydrogen-bond donors (Lipinski definition) is 0. The van der Waals surface area contributed by atoms with E-state index in [4.69, 9.17) is 9.47 Å². The lowest BCUT2D eigenvalue weighted by molar-refractivity contribution is 0.270. The van der Waals surface area contributed by atoms with Crippen LogP contribution in [0.4, 0.5) is 0 Å². The van der Waals surface area contributed by atoms with Crippen LogP contribution in [0.15, 0.2) is 24.3 Å². The van der Waals surface area contributed by atoms with Crippen molar-refractivity contribution >= 4 is 0 Å². The van der Waals surface area contributed by atoms with E-state index in [1.807, 2.05) is 31.2 Å². The third-order valence-corrected chi connectivity index (χ3v) is 2.40. The summed E-state index contributed by atoms with van der Waals surface area (Å²) in [6, 6.07) is 7.86. The molecule has 0 saturated heterocycles. The van der Waals surface area contributed by atoms with E-state index in [1.54, 1.807) is 0 Å². The normalized spacial score (nSPS) is 10.1. The van der Waals surface area contributed by atoms with Crippen molar-refractivity contribution < 1.29 is 9.47 Å². The molecule has 0 bridgehead atoms. The van der Waals surface area contributed by atoms with Crippen LogP contribution in [-0.4, -0.2) is 13.2 Å². The summed E-state index contributed by atoms with van der Waals surface area (Å²) in [5.74, 6) is 1.71. The van der Waals surface area contributed by atoms with Crippen molar-refractivity contribution in [2.24, 2.45) is 0 Å². The Bertz CT molecular complexity index is 284. The van der Waals surface area contributed by atoms with Crippen LogP contribution in [0.1, 0.15) is 39.5 Å². The molecule has 0 heterocycles. The monoisotopic (exact) mass is 222 g/mol. The average Bonchev–Trinajstić information content (AvgIpc) is 2.31. The molecular weight excluding hydrogens is 200 g/mol. The van der Waals surface area contributed by atoms with Gasteiger partial charge in [-0.3, -0.25) is 0 Å². The van der Waals surface area contributed by atoms with Crippen molar-refractivity contribution in [3.8, 4) is 11.5 Å². The van der Waals surface area contributed by atoms with Crippen LogP contribution >= 0.6 is 0 Å². The number of benzene rings is 1. The second kappa shape index (κ2) is 8.03. The van der Waals surface area contributed by atoms with E-state index in [0.29, 0.717) is 6.61 Å². The van der Waals surface area contributed by atoms with Crippen molar-refractivity contribution in [2.45, 2.75) is 39.5 Å². The first kappa shape index (κ1) is 12.9. The molecule has 0 aliphatic rings. The molecule has 1 rings (SSSR count). The Balaban J connectivity index is 2.34. The maximum absolute atomic E-state index is 5.71. The van der Waals surface area contributed by atoms with Gasteiger partial charge < -0.3 is 9.47 Å². The molecule has 0 spiro atoms. The Kier molecular flexibility index (Phi) is 6.47. The van der Waals surface area contributed by atoms with Gasteiger partial charge in [0.15, 0.2) is 11.5 Å². The molecule has 0 amide bonds. The molecule has 0 radical (unpaired) electrons. The first-order chi connectivity index (χ1) is 7.88. The first-order valence-corrected chi connectivity index (χ1v) is 6.23. The van der Waals surface area contributed by atoms with Crippen LogP contribution in [0.5, 0.6) is 11.5 Å². The summed E-state index contributed by atoms with van der Waals surface area (Å²) in [7, 11) is 0. The Morgan fingerprint density at radius 2 is 1.56 bits per heavy atom. The number of hydrogen-bond acceptors (Lipinski definition) is 2. The lowest BCUT2D eigenvalue weighted by Crippen LogP contribution is -2.00. The van der Waals surface area contributed by atoms with Crippen LogP contribution in [0.2, 0.25) is 0 Å². The zero-order chi connectivity index (χ0) is 11.6. The number of rotatable bonds is 8. The van der Waals surface area contributed by atoms with Gasteiger partial charge in [0.1, 0.15) is 0 Å². The molecular formula is C14H22O2. The topological polar surface area (TPSA) is 18.5 Å². The van der Waals surface area contributed by atoms with Crippen LogP contribution in [-0.2, 0) is 0 Å². The van der Waals surface area contributed by atoms with Crippen LogP contribution < -0.4 is 9.47 Å². The summed E-state index contributed by atoms with van der Waals surface area (Å²) in [4.78, 5) is 0. The maximum Gasteiger partial charge on any atom is 0.161 e. The molecule has 0 saturated carbocycles. The largest absolute Gasteiger partial charge is 0.490 e. The number of ether oxygens (including phenoxy) is 2. The molecule has 90 valence electrons. The van der Waals surface area contributed by atoms with Crippen LogP contribution in [0, 0.1) is 0 Å². The fourth-order valence-electron chi connectivity index (χ4n) is 1.56. The standard InChI is InChI=1S/C14H22O2/c1-3-5-6-9-12-16-14-11-8-7-10-13(14)15-4-2/h7-8,10-11H,3-6,9,12H2,1-2H3. The van der Waals surface area contributed by atoms with Gasteiger partial charge in [-0.2, -0.15) is 0 Å². The molecule has 0 unspecified atom stereocenters. The lowest BCUT2D eigenvalue weighted by Gasteiger charge is -2.11. The molecule has 1 aromatic rings. The van der Waals surface area contributed by atoms with Gasteiger partial charge in [-0.1, -0.05) is 38.3 Å². The SMILES string of the molecule is CCCCCCOc1ccccc1OCC. The molecule has 1 aromatic carbocycles. The fourth-order valence-corrected chi connectivity index (χ4v) is 1.56. The molecule has 0 aromatic heterocycles. The Morgan fingerprint density at radius 3 is 2.19 bits per heavy atom. The minimum absolute atomic E-state index is 0.677. The molecule has 0 aliphatic carbocycles. The maximum atomic E-state index is 5.71. The fraction of sp³-hybridized carbons (Fsp3) is 0.571. The highest BCUT2D eigenvalue weighted by atomic mass is 16.5. The van der Waals surface area contributed by atoms with Gasteiger partial charge in [-0.15, -0.1) is 0 Å². The van der Waals surface area contributed by atoms with E-state index in [1.165, 1.54) is 19.3 Å². The predicted octanol–water partition coefficient (Wildman–Crippen LogP) is 4.04. The predicted molar refractivity (Wildman–Crippen MR) is 67.2 cm³/mol. The van der Waals surface area contributed by atoms with Crippen molar-refractivity contribution in [1.82, 2.24) is 0 Å². The van der Waals surface area contributed by atoms with Gasteiger partial charge in [0.05, 0.1) is 13.2 Å². The summed E-state index contributed by atoms with van der Waals surface area (Å²) in [6.07, 6.45) is 4.91. The van der Waals surface area contributed by atoms with E-state index >= 15 is 0 Å². The highest BCUT2D eigenvalue weighted by Gasteiger charge is 2.02. The van der Waals surface area contributed by atoms with Gasteiger partial charge in [0, 0.05) is 0 Å². The molecule has 0 aliphatic heterocycles. The highest BCUT2D eigenvalue weighted by molar-refractivity contribution is 5.39. The highest BCUT2D eigenvalue weighted by Crippen LogP contribution is 2.26. The quantitative estimate of drug-likeness (QED) is 0.618. The molecule has 2 heteroatoms. The summed E-state index contributed by atoms with van der Waals surface area (Å²) in [6.45, 7) is 5.66. The van der Waals surface area contributed by atoms with E-state index in [-0.39, 0.29) is 0 Å². The zero-order valence-electron chi connectivity index (χ0n) is 10.4. The van der Waals surface area contributed by atoms with Gasteiger partial charge in [0.2, 0.25) is 0 Å². The average molecular weight is 222 g/mol. The second-order valence-corrected chi connectivity index (χ2v) is 3.79. The van der Waals surface area contributed by atoms with Gasteiger partial charge in [0.25, 0.3) is 0 Å². The molecule has 0 fully saturated rings. The van der Waals surface area contributed by atoms with E-state index in [2.05, 4.69) is 6.92 Å². The smallest absolute Gasteiger partial charge is 0.161 e. The third kappa shape index (κ3) is 4.56. The van der Waals surface area contributed by atoms with Crippen molar-refractivity contribution in [3.05, 3.63) is 24.3 Å². The van der Waals surface area contributed by atoms with Gasteiger partial charge in [-0.25, -0.2) is 0 Å². The summed E-state index contributed by atoms with van der Waals surface area (Å²) in [5, 5.41) is 0. The Labute approximate surface area is 98.6 Å². The second-order valence-electron chi connectivity index (χ2n) is 3.79. The molecule has 0 N–H and O–H groups in total. The summed E-state index contributed by atoms with van der Waals surface area (Å²) < 4.78 is 11.2. The first-order valence-electron chi connectivity index (χ1n) is 6.23. The van der Waals surface area contributed by atoms with Crippen molar-refractivity contribution in [3.63, 3.8) is 0 Å². The molecule has 0 atom stereocenters. The summed E-state index contributed by atoms with van der Waals surface area (Å²) in [5.41, 5.74) is 0. The Hall–Kier alpha value is -1.18. The van der Waals surface area contributed by atoms with Gasteiger partial charge in [-0.05, 0) is 25.5 Å². The molecule has 16 heavy (non-hydrogen) atoms. The van der Waals surface area contributed by atoms with E-state index < -0.39 is 0 Å². The van der Waals surface area contributed by atoms with Gasteiger partial charge >= 0.3 is 0 Å². The third-order valence-electron chi connectivity index (χ3n) is 2.40. The summed E-state index contributed by atoms with van der Waals surface area (Å²) >= 11 is 0. The van der Waals surface area contributed by atoms with Crippen LogP contribution in [0.3, 0.4) is 0 Å². The lowest BCUT2D eigenvalue weighted by atomic mass is 10.2. The zero-order valence-corrected chi connectivity index (χ0v) is 10.4. The number of para-hydroxylation sites is 2. The van der Waals surface area contributed by atoms with Crippen molar-refractivity contribution in [2.75, 3.05) is 13.2 Å². The minimum atomic E-state index is 0.677. The van der Waals surface area contributed by atoms with Crippen LogP contribution in [0.25, 0.3) is 0 Å². The molecule has 2 nitrogen and oxygen atoms in total. The number of unbranched alkanes of at least 4 members (excludes halogenated alkanes) is 3. The van der Waals surface area contributed by atoms with E-state index in [9.17, 15) is 0 Å². The Morgan fingerprint density at radius 1 is 0.875 bits per heavy atom. The van der Waals surface area contributed by atoms with Crippen molar-refractivity contribution in [1.29, 1.82) is 0 Å². The van der Waals surface area contributed by atoms with E-state index in [0.717, 1.165) is 24.5 Å². The minimum Gasteiger partial charge on any atom is -0.490 e.